The maximum Gasteiger partial charge on any atom is 0.387 e. The van der Waals surface area contributed by atoms with Gasteiger partial charge in [0.1, 0.15) is 5.82 Å². The lowest BCUT2D eigenvalue weighted by atomic mass is 10.1. The summed E-state index contributed by atoms with van der Waals surface area (Å²) in [6, 6.07) is 1.07. The summed E-state index contributed by atoms with van der Waals surface area (Å²) in [5.74, 6) is -4.08. The molecule has 0 spiro atoms. The Morgan fingerprint density at radius 3 is 2.50 bits per heavy atom. The summed E-state index contributed by atoms with van der Waals surface area (Å²) in [6.07, 6.45) is 0. The van der Waals surface area contributed by atoms with Gasteiger partial charge in [0.25, 0.3) is 0 Å². The molecule has 0 N–H and O–H groups in total. The highest BCUT2D eigenvalue weighted by Gasteiger charge is 2.19. The molecule has 1 aromatic rings. The number of carbonyl (C=O) groups excluding carboxylic acids is 1. The molecule has 0 amide bonds. The van der Waals surface area contributed by atoms with E-state index >= 15 is 0 Å². The van der Waals surface area contributed by atoms with Gasteiger partial charge >= 0.3 is 6.61 Å². The second-order valence-electron chi connectivity index (χ2n) is 2.70. The topological polar surface area (TPSA) is 26.3 Å². The zero-order valence-electron chi connectivity index (χ0n) is 7.65. The predicted octanol–water partition coefficient (Wildman–Crippen LogP) is 3.14. The zero-order chi connectivity index (χ0) is 12.3. The molecular weight excluding hydrogens is 296 g/mol. The first-order valence-electron chi connectivity index (χ1n) is 3.98. The quantitative estimate of drug-likeness (QED) is 0.485. The van der Waals surface area contributed by atoms with Crippen molar-refractivity contribution in [1.29, 1.82) is 0 Å². The fourth-order valence-electron chi connectivity index (χ4n) is 1.02. The summed E-state index contributed by atoms with van der Waals surface area (Å²) in [4.78, 5) is 11.1. The van der Waals surface area contributed by atoms with Crippen molar-refractivity contribution >= 4 is 21.7 Å². The van der Waals surface area contributed by atoms with Crippen LogP contribution in [0.3, 0.4) is 0 Å². The van der Waals surface area contributed by atoms with E-state index < -0.39 is 35.3 Å². The number of hydrogen-bond acceptors (Lipinski definition) is 2. The number of benzene rings is 1. The van der Waals surface area contributed by atoms with Gasteiger partial charge in [0.05, 0.1) is 10.9 Å². The van der Waals surface area contributed by atoms with Crippen LogP contribution in [0.5, 0.6) is 5.75 Å². The van der Waals surface area contributed by atoms with Crippen molar-refractivity contribution in [3.63, 3.8) is 0 Å². The molecule has 2 nitrogen and oxygen atoms in total. The zero-order valence-corrected chi connectivity index (χ0v) is 9.23. The van der Waals surface area contributed by atoms with Crippen molar-refractivity contribution < 1.29 is 27.1 Å². The van der Waals surface area contributed by atoms with Crippen LogP contribution in [-0.2, 0) is 0 Å². The maximum atomic E-state index is 13.4. The van der Waals surface area contributed by atoms with Gasteiger partial charge in [0.2, 0.25) is 0 Å². The van der Waals surface area contributed by atoms with Crippen molar-refractivity contribution in [3.05, 3.63) is 29.3 Å². The molecule has 0 aliphatic heterocycles. The lowest BCUT2D eigenvalue weighted by Crippen LogP contribution is -2.09. The van der Waals surface area contributed by atoms with Crippen LogP contribution in [0.1, 0.15) is 10.4 Å². The summed E-state index contributed by atoms with van der Waals surface area (Å²) >= 11 is 2.76. The summed E-state index contributed by atoms with van der Waals surface area (Å²) < 4.78 is 53.7. The monoisotopic (exact) mass is 300 g/mol. The number of ketones is 1. The summed E-state index contributed by atoms with van der Waals surface area (Å²) in [6.45, 7) is -3.29. The molecule has 0 unspecified atom stereocenters. The van der Waals surface area contributed by atoms with Crippen molar-refractivity contribution in [2.24, 2.45) is 0 Å². The first-order valence-corrected chi connectivity index (χ1v) is 5.11. The van der Waals surface area contributed by atoms with Gasteiger partial charge in [-0.05, 0) is 6.07 Å². The molecule has 0 heterocycles. The van der Waals surface area contributed by atoms with Crippen molar-refractivity contribution in [2.75, 3.05) is 5.33 Å². The van der Waals surface area contributed by atoms with E-state index in [2.05, 4.69) is 20.7 Å². The lowest BCUT2D eigenvalue weighted by molar-refractivity contribution is -0.0524. The normalized spacial score (nSPS) is 10.6. The van der Waals surface area contributed by atoms with Gasteiger partial charge in [0, 0.05) is 6.07 Å². The fraction of sp³-hybridized carbons (Fsp3) is 0.222. The molecule has 7 heteroatoms. The highest BCUT2D eigenvalue weighted by molar-refractivity contribution is 9.09. The Hall–Kier alpha value is -1.11. The molecule has 0 fully saturated rings. The van der Waals surface area contributed by atoms with E-state index in [-0.39, 0.29) is 5.33 Å². The molecule has 1 rings (SSSR count). The minimum atomic E-state index is -3.29. The average molecular weight is 301 g/mol. The van der Waals surface area contributed by atoms with Crippen LogP contribution in [0, 0.1) is 11.6 Å². The van der Waals surface area contributed by atoms with Crippen LogP contribution in [-0.4, -0.2) is 17.7 Å². The highest BCUT2D eigenvalue weighted by Crippen LogP contribution is 2.24. The largest absolute Gasteiger partial charge is 0.432 e. The Morgan fingerprint density at radius 2 is 2.00 bits per heavy atom. The number of hydrogen-bond donors (Lipinski definition) is 0. The van der Waals surface area contributed by atoms with Crippen LogP contribution in [0.15, 0.2) is 12.1 Å². The predicted molar refractivity (Wildman–Crippen MR) is 51.1 cm³/mol. The van der Waals surface area contributed by atoms with E-state index in [1.54, 1.807) is 0 Å². The van der Waals surface area contributed by atoms with E-state index in [4.69, 9.17) is 0 Å². The summed E-state index contributed by atoms with van der Waals surface area (Å²) in [5.41, 5.74) is -0.632. The van der Waals surface area contributed by atoms with Gasteiger partial charge < -0.3 is 4.74 Å². The molecule has 0 saturated heterocycles. The minimum absolute atomic E-state index is 0.249. The van der Waals surface area contributed by atoms with Gasteiger partial charge in [0.15, 0.2) is 17.3 Å². The number of alkyl halides is 3. The minimum Gasteiger partial charge on any atom is -0.432 e. The van der Waals surface area contributed by atoms with E-state index in [1.165, 1.54) is 0 Å². The molecule has 0 atom stereocenters. The molecular formula is C9H5BrF4O2. The lowest BCUT2D eigenvalue weighted by Gasteiger charge is -2.08. The van der Waals surface area contributed by atoms with Crippen molar-refractivity contribution in [3.8, 4) is 5.75 Å². The molecule has 0 aromatic heterocycles. The molecule has 0 aliphatic rings. The Morgan fingerprint density at radius 1 is 1.38 bits per heavy atom. The van der Waals surface area contributed by atoms with E-state index in [0.717, 1.165) is 0 Å². The molecule has 88 valence electrons. The third-order valence-electron chi connectivity index (χ3n) is 1.64. The number of Topliss-reactive ketones (excluding diaryl/α,β-unsaturated/α-hetero) is 1. The van der Waals surface area contributed by atoms with E-state index in [1.807, 2.05) is 0 Å². The van der Waals surface area contributed by atoms with Crippen LogP contribution < -0.4 is 4.74 Å². The van der Waals surface area contributed by atoms with Crippen molar-refractivity contribution in [2.45, 2.75) is 6.61 Å². The third-order valence-corrected chi connectivity index (χ3v) is 2.15. The third kappa shape index (κ3) is 2.94. The van der Waals surface area contributed by atoms with Crippen LogP contribution in [0.4, 0.5) is 17.6 Å². The van der Waals surface area contributed by atoms with Crippen LogP contribution >= 0.6 is 15.9 Å². The highest BCUT2D eigenvalue weighted by atomic mass is 79.9. The first-order chi connectivity index (χ1) is 7.45. The van der Waals surface area contributed by atoms with Crippen LogP contribution in [0.25, 0.3) is 0 Å². The maximum absolute atomic E-state index is 13.4. The number of rotatable bonds is 4. The Bertz CT molecular complexity index is 409. The molecule has 0 saturated carbocycles. The standard InChI is InChI=1S/C9H5BrF4O2/c10-3-6(15)5-1-4(11)2-7(8(5)12)16-9(13)14/h1-2,9H,3H2. The Kier molecular flexibility index (Phi) is 4.28. The van der Waals surface area contributed by atoms with E-state index in [0.29, 0.717) is 12.1 Å². The Labute approximate surface area is 96.3 Å². The first kappa shape index (κ1) is 13.0. The summed E-state index contributed by atoms with van der Waals surface area (Å²) in [7, 11) is 0. The number of ether oxygens (including phenoxy) is 1. The van der Waals surface area contributed by atoms with Gasteiger partial charge in [-0.1, -0.05) is 15.9 Å². The molecule has 1 aromatic carbocycles. The SMILES string of the molecule is O=C(CBr)c1cc(F)cc(OC(F)F)c1F. The smallest absolute Gasteiger partial charge is 0.387 e. The van der Waals surface area contributed by atoms with Crippen LogP contribution in [0.2, 0.25) is 0 Å². The Balaban J connectivity index is 3.20. The second kappa shape index (κ2) is 5.29. The molecule has 16 heavy (non-hydrogen) atoms. The van der Waals surface area contributed by atoms with Gasteiger partial charge in [-0.15, -0.1) is 0 Å². The fourth-order valence-corrected chi connectivity index (χ4v) is 1.32. The van der Waals surface area contributed by atoms with Gasteiger partial charge in [-0.3, -0.25) is 4.79 Å². The molecule has 0 aliphatic carbocycles. The molecule has 0 bridgehead atoms. The van der Waals surface area contributed by atoms with Gasteiger partial charge in [-0.25, -0.2) is 8.78 Å². The number of halogens is 5. The average Bonchev–Trinajstić information content (AvgIpc) is 2.21. The summed E-state index contributed by atoms with van der Waals surface area (Å²) in [5, 5.41) is -0.249. The van der Waals surface area contributed by atoms with Crippen molar-refractivity contribution in [1.82, 2.24) is 0 Å². The van der Waals surface area contributed by atoms with Gasteiger partial charge in [-0.2, -0.15) is 8.78 Å². The molecule has 0 radical (unpaired) electrons. The second-order valence-corrected chi connectivity index (χ2v) is 3.26. The van der Waals surface area contributed by atoms with E-state index in [9.17, 15) is 22.4 Å². The number of carbonyl (C=O) groups is 1.